The lowest BCUT2D eigenvalue weighted by Gasteiger charge is -2.33. The molecule has 2 rings (SSSR count). The molecule has 34 heavy (non-hydrogen) atoms. The van der Waals surface area contributed by atoms with E-state index in [1.807, 2.05) is 51.1 Å². The summed E-state index contributed by atoms with van der Waals surface area (Å²) in [5, 5.41) is 3.28. The lowest BCUT2D eigenvalue weighted by atomic mass is 10.1. The predicted octanol–water partition coefficient (Wildman–Crippen LogP) is 3.79. The first-order valence-electron chi connectivity index (χ1n) is 11.3. The average Bonchev–Trinajstić information content (AvgIpc) is 2.76. The molecule has 0 saturated heterocycles. The van der Waals surface area contributed by atoms with Gasteiger partial charge in [0.1, 0.15) is 12.6 Å². The predicted molar refractivity (Wildman–Crippen MR) is 138 cm³/mol. The number of hydrogen-bond donors (Lipinski definition) is 1. The van der Waals surface area contributed by atoms with Gasteiger partial charge in [-0.3, -0.25) is 13.9 Å². The Kier molecular flexibility index (Phi) is 9.94. The molecule has 0 aliphatic heterocycles. The molecule has 2 aromatic rings. The summed E-state index contributed by atoms with van der Waals surface area (Å²) < 4.78 is 26.4. The van der Waals surface area contributed by atoms with Crippen molar-refractivity contribution < 1.29 is 18.0 Å². The fourth-order valence-corrected chi connectivity index (χ4v) is 4.81. The minimum absolute atomic E-state index is 0.0887. The van der Waals surface area contributed by atoms with Crippen molar-refractivity contribution in [2.45, 2.75) is 52.6 Å². The Hall–Kier alpha value is -2.58. The summed E-state index contributed by atoms with van der Waals surface area (Å²) in [4.78, 5) is 28.0. The third kappa shape index (κ3) is 7.46. The van der Waals surface area contributed by atoms with E-state index in [4.69, 9.17) is 11.6 Å². The normalized spacial score (nSPS) is 12.3. The van der Waals surface area contributed by atoms with Gasteiger partial charge in [0.15, 0.2) is 0 Å². The van der Waals surface area contributed by atoms with Gasteiger partial charge in [0.25, 0.3) is 0 Å². The topological polar surface area (TPSA) is 86.8 Å². The Labute approximate surface area is 208 Å². The molecule has 1 N–H and O–H groups in total. The molecule has 1 atom stereocenters. The average molecular weight is 508 g/mol. The molecular formula is C25H34ClN3O4S. The number of nitrogens with zero attached hydrogens (tertiary/aromatic N) is 2. The first-order valence-corrected chi connectivity index (χ1v) is 13.5. The molecule has 0 bridgehead atoms. The van der Waals surface area contributed by atoms with Crippen LogP contribution in [0.1, 0.15) is 38.3 Å². The maximum Gasteiger partial charge on any atom is 0.244 e. The second kappa shape index (κ2) is 12.2. The van der Waals surface area contributed by atoms with E-state index in [-0.39, 0.29) is 18.5 Å². The third-order valence-corrected chi connectivity index (χ3v) is 7.02. The Morgan fingerprint density at radius 1 is 1.06 bits per heavy atom. The molecule has 0 spiro atoms. The minimum Gasteiger partial charge on any atom is -0.352 e. The molecule has 0 fully saturated rings. The molecule has 0 aromatic heterocycles. The molecule has 2 aromatic carbocycles. The number of amides is 2. The second-order valence-corrected chi connectivity index (χ2v) is 10.9. The maximum atomic E-state index is 13.6. The SMILES string of the molecule is CCC(C(=O)NC(C)C)N(CCc1ccccc1)C(=O)CN(c1cccc(Cl)c1C)S(C)(=O)=O. The zero-order chi connectivity index (χ0) is 25.5. The molecule has 186 valence electrons. The first-order chi connectivity index (χ1) is 16.0. The van der Waals surface area contributed by atoms with Gasteiger partial charge in [-0.15, -0.1) is 0 Å². The monoisotopic (exact) mass is 507 g/mol. The molecule has 0 saturated carbocycles. The smallest absolute Gasteiger partial charge is 0.244 e. The van der Waals surface area contributed by atoms with Crippen LogP contribution in [0.25, 0.3) is 0 Å². The summed E-state index contributed by atoms with van der Waals surface area (Å²) in [6.07, 6.45) is 1.99. The van der Waals surface area contributed by atoms with Gasteiger partial charge >= 0.3 is 0 Å². The van der Waals surface area contributed by atoms with Crippen molar-refractivity contribution in [1.29, 1.82) is 0 Å². The summed E-state index contributed by atoms with van der Waals surface area (Å²) in [6.45, 7) is 7.10. The van der Waals surface area contributed by atoms with E-state index in [9.17, 15) is 18.0 Å². The molecule has 9 heteroatoms. The van der Waals surface area contributed by atoms with Gasteiger partial charge in [-0.05, 0) is 56.9 Å². The summed E-state index contributed by atoms with van der Waals surface area (Å²) >= 11 is 6.22. The van der Waals surface area contributed by atoms with Crippen LogP contribution < -0.4 is 9.62 Å². The number of sulfonamides is 1. The van der Waals surface area contributed by atoms with E-state index in [2.05, 4.69) is 5.32 Å². The summed E-state index contributed by atoms with van der Waals surface area (Å²) in [5.74, 6) is -0.713. The van der Waals surface area contributed by atoms with Crippen LogP contribution in [0.4, 0.5) is 5.69 Å². The van der Waals surface area contributed by atoms with Crippen molar-refractivity contribution in [3.63, 3.8) is 0 Å². The van der Waals surface area contributed by atoms with Crippen molar-refractivity contribution in [3.8, 4) is 0 Å². The number of nitrogens with one attached hydrogen (secondary N) is 1. The molecule has 0 heterocycles. The highest BCUT2D eigenvalue weighted by Crippen LogP contribution is 2.28. The van der Waals surface area contributed by atoms with Crippen molar-refractivity contribution in [1.82, 2.24) is 10.2 Å². The fraction of sp³-hybridized carbons (Fsp3) is 0.440. The minimum atomic E-state index is -3.80. The molecule has 0 aliphatic rings. The van der Waals surface area contributed by atoms with E-state index in [0.717, 1.165) is 16.1 Å². The molecule has 1 unspecified atom stereocenters. The van der Waals surface area contributed by atoms with Crippen molar-refractivity contribution in [3.05, 3.63) is 64.7 Å². The molecule has 2 amide bonds. The second-order valence-electron chi connectivity index (χ2n) is 8.56. The highest BCUT2D eigenvalue weighted by Gasteiger charge is 2.32. The van der Waals surface area contributed by atoms with E-state index < -0.39 is 28.5 Å². The highest BCUT2D eigenvalue weighted by molar-refractivity contribution is 7.92. The third-order valence-electron chi connectivity index (χ3n) is 5.49. The molecule has 0 aliphatic carbocycles. The highest BCUT2D eigenvalue weighted by atomic mass is 35.5. The van der Waals surface area contributed by atoms with Gasteiger partial charge in [-0.1, -0.05) is 54.9 Å². The molecule has 7 nitrogen and oxygen atoms in total. The van der Waals surface area contributed by atoms with Gasteiger partial charge in [0, 0.05) is 17.6 Å². The Balaban J connectivity index is 2.40. The molecule has 0 radical (unpaired) electrons. The zero-order valence-electron chi connectivity index (χ0n) is 20.4. The number of rotatable bonds is 11. The summed E-state index contributed by atoms with van der Waals surface area (Å²) in [6, 6.07) is 13.8. The van der Waals surface area contributed by atoms with Gasteiger partial charge < -0.3 is 10.2 Å². The Bertz CT molecular complexity index is 1090. The number of hydrogen-bond acceptors (Lipinski definition) is 4. The maximum absolute atomic E-state index is 13.6. The number of halogens is 1. The van der Waals surface area contributed by atoms with Crippen LogP contribution in [0.2, 0.25) is 5.02 Å². The van der Waals surface area contributed by atoms with Crippen LogP contribution >= 0.6 is 11.6 Å². The van der Waals surface area contributed by atoms with E-state index >= 15 is 0 Å². The van der Waals surface area contributed by atoms with Crippen LogP contribution in [0.3, 0.4) is 0 Å². The van der Waals surface area contributed by atoms with E-state index in [1.165, 1.54) is 4.90 Å². The summed E-state index contributed by atoms with van der Waals surface area (Å²) in [5.41, 5.74) is 1.92. The van der Waals surface area contributed by atoms with Crippen molar-refractivity contribution >= 4 is 39.1 Å². The van der Waals surface area contributed by atoms with Crippen molar-refractivity contribution in [2.24, 2.45) is 0 Å². The van der Waals surface area contributed by atoms with Gasteiger partial charge in [0.05, 0.1) is 11.9 Å². The van der Waals surface area contributed by atoms with Crippen LogP contribution in [-0.4, -0.2) is 56.6 Å². The summed E-state index contributed by atoms with van der Waals surface area (Å²) in [7, 11) is -3.80. The van der Waals surface area contributed by atoms with Crippen molar-refractivity contribution in [2.75, 3.05) is 23.7 Å². The van der Waals surface area contributed by atoms with E-state index in [1.54, 1.807) is 25.1 Å². The van der Waals surface area contributed by atoms with Gasteiger partial charge in [0.2, 0.25) is 21.8 Å². The standard InChI is InChI=1S/C25H34ClN3O4S/c1-6-22(25(31)27-18(2)3)28(16-15-20-11-8-7-9-12-20)24(30)17-29(34(5,32)33)23-14-10-13-21(26)19(23)4/h7-14,18,22H,6,15-17H2,1-5H3,(H,27,31). The van der Waals surface area contributed by atoms with E-state index in [0.29, 0.717) is 29.1 Å². The van der Waals surface area contributed by atoms with Gasteiger partial charge in [-0.25, -0.2) is 8.42 Å². The Morgan fingerprint density at radius 3 is 2.26 bits per heavy atom. The van der Waals surface area contributed by atoms with Crippen LogP contribution in [0, 0.1) is 6.92 Å². The van der Waals surface area contributed by atoms with Crippen LogP contribution in [-0.2, 0) is 26.0 Å². The Morgan fingerprint density at radius 2 is 1.71 bits per heavy atom. The number of carbonyl (C=O) groups excluding carboxylic acids is 2. The molecular weight excluding hydrogens is 474 g/mol. The number of carbonyl (C=O) groups is 2. The zero-order valence-corrected chi connectivity index (χ0v) is 22.0. The largest absolute Gasteiger partial charge is 0.352 e. The fourth-order valence-electron chi connectivity index (χ4n) is 3.74. The number of anilines is 1. The lowest BCUT2D eigenvalue weighted by molar-refractivity contribution is -0.139. The van der Waals surface area contributed by atoms with Crippen LogP contribution in [0.15, 0.2) is 48.5 Å². The van der Waals surface area contributed by atoms with Crippen LogP contribution in [0.5, 0.6) is 0 Å². The van der Waals surface area contributed by atoms with Gasteiger partial charge in [-0.2, -0.15) is 0 Å². The lowest BCUT2D eigenvalue weighted by Crippen LogP contribution is -2.54. The first kappa shape index (κ1) is 27.7. The number of benzene rings is 2. The quantitative estimate of drug-likeness (QED) is 0.501.